The molecule has 2 aromatic carbocycles. The number of nitrogens with zero attached hydrogens (tertiary/aromatic N) is 2. The van der Waals surface area contributed by atoms with Crippen LogP contribution < -0.4 is 19.9 Å². The van der Waals surface area contributed by atoms with Crippen molar-refractivity contribution in [3.8, 4) is 5.75 Å². The molecule has 1 unspecified atom stereocenters. The van der Waals surface area contributed by atoms with Crippen LogP contribution in [0.15, 0.2) is 59.6 Å². The molecular weight excluding hydrogens is 352 g/mol. The van der Waals surface area contributed by atoms with Crippen molar-refractivity contribution in [3.05, 3.63) is 60.2 Å². The van der Waals surface area contributed by atoms with Crippen LogP contribution in [0, 0.1) is 0 Å². The normalized spacial score (nSPS) is 23.8. The van der Waals surface area contributed by atoms with Crippen molar-refractivity contribution in [2.45, 2.75) is 12.5 Å². The van der Waals surface area contributed by atoms with E-state index in [0.717, 1.165) is 43.2 Å². The fourth-order valence-corrected chi connectivity index (χ4v) is 4.33. The Hall–Kier alpha value is -2.70. The standard InChI is InChI=1S/C22H26N4O2/c1-22(21(27)24-20(25-22)17-8-4-3-5-9-17)16-26(14-12-23-13-15-26)18-10-6-7-11-19(18)28-2/h3-11,23H,12-16H2,1-2H3/p+1. The Morgan fingerprint density at radius 1 is 1.07 bits per heavy atom. The molecule has 0 spiro atoms. The Balaban J connectivity index is 1.73. The highest BCUT2D eigenvalue weighted by atomic mass is 16.5. The summed E-state index contributed by atoms with van der Waals surface area (Å²) in [6.45, 7) is 6.10. The largest absolute Gasteiger partial charge is 0.491 e. The highest BCUT2D eigenvalue weighted by Crippen LogP contribution is 2.37. The summed E-state index contributed by atoms with van der Waals surface area (Å²) in [6, 6.07) is 17.9. The average Bonchev–Trinajstić information content (AvgIpc) is 3.03. The number of carbonyl (C=O) groups excluding carboxylic acids is 1. The molecule has 146 valence electrons. The fraction of sp³-hybridized carbons (Fsp3) is 0.364. The zero-order valence-electron chi connectivity index (χ0n) is 16.4. The number of piperazine rings is 1. The van der Waals surface area contributed by atoms with Gasteiger partial charge in [0.25, 0.3) is 5.91 Å². The number of nitrogens with one attached hydrogen (secondary N) is 2. The maximum absolute atomic E-state index is 13.0. The summed E-state index contributed by atoms with van der Waals surface area (Å²) in [6.07, 6.45) is 0. The minimum Gasteiger partial charge on any atom is -0.491 e. The van der Waals surface area contributed by atoms with Gasteiger partial charge in [-0.25, -0.2) is 4.99 Å². The van der Waals surface area contributed by atoms with E-state index in [1.807, 2.05) is 55.5 Å². The van der Waals surface area contributed by atoms with E-state index in [1.54, 1.807) is 7.11 Å². The third-order valence-electron chi connectivity index (χ3n) is 5.77. The molecule has 1 amide bonds. The van der Waals surface area contributed by atoms with Crippen molar-refractivity contribution >= 4 is 17.4 Å². The van der Waals surface area contributed by atoms with E-state index in [9.17, 15) is 4.79 Å². The van der Waals surface area contributed by atoms with Crippen molar-refractivity contribution in [1.82, 2.24) is 15.1 Å². The molecule has 2 aromatic rings. The molecule has 2 aliphatic heterocycles. The molecule has 0 radical (unpaired) electrons. The van der Waals surface area contributed by atoms with Crippen LogP contribution in [0.5, 0.6) is 5.75 Å². The zero-order valence-corrected chi connectivity index (χ0v) is 16.4. The van der Waals surface area contributed by atoms with Gasteiger partial charge in [-0.2, -0.15) is 0 Å². The smallest absolute Gasteiger partial charge is 0.259 e. The Morgan fingerprint density at radius 2 is 1.75 bits per heavy atom. The molecule has 28 heavy (non-hydrogen) atoms. The van der Waals surface area contributed by atoms with Gasteiger partial charge in [-0.15, -0.1) is 0 Å². The highest BCUT2D eigenvalue weighted by molar-refractivity contribution is 6.15. The molecule has 0 bridgehead atoms. The summed E-state index contributed by atoms with van der Waals surface area (Å²) in [4.78, 5) is 17.9. The van der Waals surface area contributed by atoms with E-state index in [0.29, 0.717) is 16.9 Å². The van der Waals surface area contributed by atoms with Crippen molar-refractivity contribution in [3.63, 3.8) is 0 Å². The molecule has 6 heteroatoms. The van der Waals surface area contributed by atoms with Crippen molar-refractivity contribution < 1.29 is 9.53 Å². The predicted molar refractivity (Wildman–Crippen MR) is 112 cm³/mol. The number of hydrogen-bond acceptors (Lipinski definition) is 4. The molecule has 6 nitrogen and oxygen atoms in total. The van der Waals surface area contributed by atoms with Gasteiger partial charge in [-0.1, -0.05) is 42.5 Å². The van der Waals surface area contributed by atoms with Crippen LogP contribution in [0.4, 0.5) is 5.69 Å². The van der Waals surface area contributed by atoms with Crippen LogP contribution in [-0.4, -0.2) is 57.1 Å². The number of amides is 1. The topological polar surface area (TPSA) is 62.7 Å². The van der Waals surface area contributed by atoms with Gasteiger partial charge in [-0.05, 0) is 13.0 Å². The molecule has 1 saturated heterocycles. The molecule has 1 fully saturated rings. The number of carbonyl (C=O) groups is 1. The first kappa shape index (κ1) is 18.7. The Labute approximate surface area is 165 Å². The minimum atomic E-state index is -0.830. The van der Waals surface area contributed by atoms with E-state index in [-0.39, 0.29) is 5.91 Å². The molecule has 0 aromatic heterocycles. The molecule has 0 saturated carbocycles. The van der Waals surface area contributed by atoms with E-state index >= 15 is 0 Å². The van der Waals surface area contributed by atoms with Crippen LogP contribution in [0.25, 0.3) is 0 Å². The minimum absolute atomic E-state index is 0.0442. The molecule has 2 aliphatic rings. The predicted octanol–water partition coefficient (Wildman–Crippen LogP) is 1.94. The van der Waals surface area contributed by atoms with Gasteiger partial charge in [-0.3, -0.25) is 9.28 Å². The Kier molecular flexibility index (Phi) is 4.91. The van der Waals surface area contributed by atoms with E-state index in [1.165, 1.54) is 0 Å². The number of hydrogen-bond donors (Lipinski definition) is 2. The van der Waals surface area contributed by atoms with Gasteiger partial charge in [0.15, 0.2) is 17.0 Å². The highest BCUT2D eigenvalue weighted by Gasteiger charge is 2.49. The van der Waals surface area contributed by atoms with E-state index in [4.69, 9.17) is 9.73 Å². The monoisotopic (exact) mass is 379 g/mol. The van der Waals surface area contributed by atoms with Crippen LogP contribution in [0.2, 0.25) is 0 Å². The van der Waals surface area contributed by atoms with Crippen molar-refractivity contribution in [2.24, 2.45) is 4.99 Å². The molecule has 0 aliphatic carbocycles. The lowest BCUT2D eigenvalue weighted by Gasteiger charge is -2.44. The summed E-state index contributed by atoms with van der Waals surface area (Å²) in [7, 11) is 1.70. The van der Waals surface area contributed by atoms with Gasteiger partial charge in [0.2, 0.25) is 0 Å². The average molecular weight is 379 g/mol. The third kappa shape index (κ3) is 3.30. The number of ether oxygens (including phenoxy) is 1. The first-order valence-corrected chi connectivity index (χ1v) is 9.73. The summed E-state index contributed by atoms with van der Waals surface area (Å²) in [5.74, 6) is 1.47. The van der Waals surface area contributed by atoms with Gasteiger partial charge < -0.3 is 15.4 Å². The van der Waals surface area contributed by atoms with Crippen LogP contribution in [-0.2, 0) is 4.79 Å². The number of benzene rings is 2. The molecular formula is C22H27N4O2+. The Morgan fingerprint density at radius 3 is 2.46 bits per heavy atom. The van der Waals surface area contributed by atoms with E-state index < -0.39 is 5.54 Å². The summed E-state index contributed by atoms with van der Waals surface area (Å²) < 4.78 is 6.34. The zero-order chi connectivity index (χ0) is 19.6. The summed E-state index contributed by atoms with van der Waals surface area (Å²) in [5, 5.41) is 6.44. The number of aliphatic imine (C=N–C) groups is 1. The Bertz CT molecular complexity index is 890. The van der Waals surface area contributed by atoms with Crippen molar-refractivity contribution in [2.75, 3.05) is 39.8 Å². The first-order chi connectivity index (χ1) is 13.6. The third-order valence-corrected chi connectivity index (χ3v) is 5.77. The number of amidine groups is 1. The number of rotatable bonds is 5. The second-order valence-corrected chi connectivity index (χ2v) is 7.73. The molecule has 2 heterocycles. The molecule has 4 rings (SSSR count). The first-order valence-electron chi connectivity index (χ1n) is 9.73. The number of quaternary nitrogens is 1. The fourth-order valence-electron chi connectivity index (χ4n) is 4.33. The summed E-state index contributed by atoms with van der Waals surface area (Å²) >= 11 is 0. The number of para-hydroxylation sites is 2. The SMILES string of the molecule is COc1ccccc1[N+]1(CC2(C)N=C(c3ccccc3)NC2=O)CCNCC1. The summed E-state index contributed by atoms with van der Waals surface area (Å²) in [5.41, 5.74) is 1.22. The number of methoxy groups -OCH3 is 1. The lowest BCUT2D eigenvalue weighted by molar-refractivity contribution is -0.123. The van der Waals surface area contributed by atoms with Gasteiger partial charge >= 0.3 is 0 Å². The van der Waals surface area contributed by atoms with Crippen molar-refractivity contribution in [1.29, 1.82) is 0 Å². The van der Waals surface area contributed by atoms with Gasteiger partial charge in [0, 0.05) is 24.7 Å². The second kappa shape index (κ2) is 7.37. The molecule has 2 N–H and O–H groups in total. The second-order valence-electron chi connectivity index (χ2n) is 7.73. The van der Waals surface area contributed by atoms with Crippen LogP contribution >= 0.6 is 0 Å². The quantitative estimate of drug-likeness (QED) is 0.781. The lowest BCUT2D eigenvalue weighted by atomic mass is 9.98. The lowest BCUT2D eigenvalue weighted by Crippen LogP contribution is -2.65. The molecule has 1 atom stereocenters. The maximum Gasteiger partial charge on any atom is 0.259 e. The van der Waals surface area contributed by atoms with Crippen LogP contribution in [0.1, 0.15) is 12.5 Å². The maximum atomic E-state index is 13.0. The van der Waals surface area contributed by atoms with E-state index in [2.05, 4.69) is 16.7 Å². The van der Waals surface area contributed by atoms with Crippen LogP contribution in [0.3, 0.4) is 0 Å². The van der Waals surface area contributed by atoms with Gasteiger partial charge in [0.05, 0.1) is 20.2 Å². The van der Waals surface area contributed by atoms with Gasteiger partial charge in [0.1, 0.15) is 12.4 Å².